The molecule has 2 rings (SSSR count). The monoisotopic (exact) mass is 319 g/mol. The minimum atomic E-state index is -4.73. The molecular weight excluding hydrogens is 306 g/mol. The van der Waals surface area contributed by atoms with Gasteiger partial charge in [-0.2, -0.15) is 13.2 Å². The molecule has 0 bridgehead atoms. The number of amides is 1. The van der Waals surface area contributed by atoms with Crippen LogP contribution in [0.5, 0.6) is 0 Å². The zero-order valence-electron chi connectivity index (χ0n) is 11.5. The second-order valence-corrected chi connectivity index (χ2v) is 5.29. The Balaban J connectivity index is 2.29. The number of halogens is 4. The van der Waals surface area contributed by atoms with Crippen LogP contribution >= 0.6 is 0 Å². The van der Waals surface area contributed by atoms with E-state index in [0.29, 0.717) is 5.56 Å². The molecule has 1 aromatic carbocycles. The summed E-state index contributed by atoms with van der Waals surface area (Å²) in [5.41, 5.74) is 0.220. The fourth-order valence-electron chi connectivity index (χ4n) is 2.52. The molecule has 8 heteroatoms. The van der Waals surface area contributed by atoms with E-state index >= 15 is 0 Å². The smallest absolute Gasteiger partial charge is 0.394 e. The van der Waals surface area contributed by atoms with Crippen LogP contribution in [0.2, 0.25) is 0 Å². The molecule has 0 saturated carbocycles. The van der Waals surface area contributed by atoms with Gasteiger partial charge in [0.1, 0.15) is 5.82 Å². The minimum Gasteiger partial charge on any atom is -0.481 e. The maximum atomic E-state index is 13.7. The molecule has 22 heavy (non-hydrogen) atoms. The summed E-state index contributed by atoms with van der Waals surface area (Å²) in [6, 6.07) is 3.71. The van der Waals surface area contributed by atoms with Crippen molar-refractivity contribution in [3.8, 4) is 0 Å². The number of aliphatic carboxylic acids is 1. The van der Waals surface area contributed by atoms with Crippen LogP contribution in [0.15, 0.2) is 18.2 Å². The number of carbonyl (C=O) groups excluding carboxylic acids is 1. The zero-order chi connectivity index (χ0) is 16.7. The van der Waals surface area contributed by atoms with Crippen LogP contribution in [0, 0.1) is 24.6 Å². The average molecular weight is 319 g/mol. The van der Waals surface area contributed by atoms with Crippen LogP contribution < -0.4 is 0 Å². The average Bonchev–Trinajstić information content (AvgIpc) is 2.86. The summed E-state index contributed by atoms with van der Waals surface area (Å²) in [7, 11) is 0. The van der Waals surface area contributed by atoms with E-state index in [4.69, 9.17) is 5.11 Å². The minimum absolute atomic E-state index is 0.355. The molecule has 1 aliphatic rings. The number of hydrogen-bond donors (Lipinski definition) is 1. The van der Waals surface area contributed by atoms with E-state index in [-0.39, 0.29) is 5.56 Å². The lowest BCUT2D eigenvalue weighted by Gasteiger charge is -2.18. The SMILES string of the molecule is Cc1ccc(F)c(C(=O)N2C[C@@H](C(F)(F)F)[C@H](C(=O)O)C2)c1. The van der Waals surface area contributed by atoms with Gasteiger partial charge in [0.15, 0.2) is 0 Å². The molecule has 1 aromatic rings. The standard InChI is InChI=1S/C14H13F4NO3/c1-7-2-3-11(15)8(4-7)12(20)19-5-9(13(21)22)10(6-19)14(16,17)18/h2-4,9-10H,5-6H2,1H3,(H,21,22)/t9-,10-/m1/s1. The molecule has 0 unspecified atom stereocenters. The molecule has 1 N–H and O–H groups in total. The lowest BCUT2D eigenvalue weighted by molar-refractivity contribution is -0.187. The molecule has 0 aromatic heterocycles. The quantitative estimate of drug-likeness (QED) is 0.852. The topological polar surface area (TPSA) is 57.6 Å². The van der Waals surface area contributed by atoms with Crippen molar-refractivity contribution in [3.05, 3.63) is 35.1 Å². The lowest BCUT2D eigenvalue weighted by atomic mass is 9.96. The molecule has 120 valence electrons. The molecule has 1 heterocycles. The van der Waals surface area contributed by atoms with Crippen LogP contribution in [-0.4, -0.2) is 41.1 Å². The fraction of sp³-hybridized carbons (Fsp3) is 0.429. The van der Waals surface area contributed by atoms with Crippen LogP contribution in [0.25, 0.3) is 0 Å². The molecule has 4 nitrogen and oxygen atoms in total. The number of likely N-dealkylation sites (tertiary alicyclic amines) is 1. The summed E-state index contributed by atoms with van der Waals surface area (Å²) in [4.78, 5) is 23.9. The second kappa shape index (κ2) is 5.58. The summed E-state index contributed by atoms with van der Waals surface area (Å²) >= 11 is 0. The van der Waals surface area contributed by atoms with E-state index in [0.717, 1.165) is 11.0 Å². The Morgan fingerprint density at radius 1 is 1.27 bits per heavy atom. The van der Waals surface area contributed by atoms with Gasteiger partial charge in [-0.05, 0) is 19.1 Å². The van der Waals surface area contributed by atoms with Crippen LogP contribution in [0.4, 0.5) is 17.6 Å². The summed E-state index contributed by atoms with van der Waals surface area (Å²) in [6.07, 6.45) is -4.73. The molecule has 1 aliphatic heterocycles. The molecule has 1 amide bonds. The number of benzene rings is 1. The predicted molar refractivity (Wildman–Crippen MR) is 67.7 cm³/mol. The Hall–Kier alpha value is -2.12. The summed E-state index contributed by atoms with van der Waals surface area (Å²) in [5.74, 6) is -7.29. The van der Waals surface area contributed by atoms with E-state index in [9.17, 15) is 27.2 Å². The van der Waals surface area contributed by atoms with Crippen molar-refractivity contribution in [2.45, 2.75) is 13.1 Å². The van der Waals surface area contributed by atoms with E-state index in [2.05, 4.69) is 0 Å². The molecule has 1 saturated heterocycles. The van der Waals surface area contributed by atoms with Crippen molar-refractivity contribution in [2.24, 2.45) is 11.8 Å². The Morgan fingerprint density at radius 2 is 1.91 bits per heavy atom. The van der Waals surface area contributed by atoms with Gasteiger partial charge >= 0.3 is 12.1 Å². The number of rotatable bonds is 2. The van der Waals surface area contributed by atoms with Crippen molar-refractivity contribution < 1.29 is 32.3 Å². The number of carboxylic acids is 1. The van der Waals surface area contributed by atoms with E-state index in [1.54, 1.807) is 6.92 Å². The zero-order valence-corrected chi connectivity index (χ0v) is 11.5. The number of aryl methyl sites for hydroxylation is 1. The Labute approximate surface area is 123 Å². The largest absolute Gasteiger partial charge is 0.481 e. The molecular formula is C14H13F4NO3. The highest BCUT2D eigenvalue weighted by atomic mass is 19.4. The summed E-state index contributed by atoms with van der Waals surface area (Å²) in [5, 5.41) is 8.90. The van der Waals surface area contributed by atoms with Crippen LogP contribution in [0.3, 0.4) is 0 Å². The number of carbonyl (C=O) groups is 2. The Morgan fingerprint density at radius 3 is 2.41 bits per heavy atom. The first kappa shape index (κ1) is 16.3. The number of nitrogens with zero attached hydrogens (tertiary/aromatic N) is 1. The van der Waals surface area contributed by atoms with Gasteiger partial charge < -0.3 is 10.0 Å². The molecule has 0 spiro atoms. The Kier molecular flexibility index (Phi) is 4.12. The van der Waals surface area contributed by atoms with Crippen LogP contribution in [-0.2, 0) is 4.79 Å². The third-order valence-electron chi connectivity index (χ3n) is 3.70. The molecule has 1 fully saturated rings. The van der Waals surface area contributed by atoms with Crippen molar-refractivity contribution in [2.75, 3.05) is 13.1 Å². The lowest BCUT2D eigenvalue weighted by Crippen LogP contribution is -2.34. The molecule has 0 aliphatic carbocycles. The van der Waals surface area contributed by atoms with E-state index < -0.39 is 48.8 Å². The van der Waals surface area contributed by atoms with Gasteiger partial charge in [0.25, 0.3) is 5.91 Å². The van der Waals surface area contributed by atoms with Gasteiger partial charge in [0.05, 0.1) is 17.4 Å². The maximum absolute atomic E-state index is 13.7. The van der Waals surface area contributed by atoms with E-state index in [1.165, 1.54) is 12.1 Å². The summed E-state index contributed by atoms with van der Waals surface area (Å²) < 4.78 is 52.3. The highest BCUT2D eigenvalue weighted by Gasteiger charge is 2.53. The third kappa shape index (κ3) is 3.05. The number of hydrogen-bond acceptors (Lipinski definition) is 2. The highest BCUT2D eigenvalue weighted by Crippen LogP contribution is 2.38. The Bertz CT molecular complexity index is 615. The van der Waals surface area contributed by atoms with Gasteiger partial charge in [-0.1, -0.05) is 11.6 Å². The van der Waals surface area contributed by atoms with Gasteiger partial charge in [0, 0.05) is 13.1 Å². The van der Waals surface area contributed by atoms with Crippen molar-refractivity contribution in [3.63, 3.8) is 0 Å². The molecule has 2 atom stereocenters. The van der Waals surface area contributed by atoms with Gasteiger partial charge in [-0.15, -0.1) is 0 Å². The van der Waals surface area contributed by atoms with Gasteiger partial charge in [-0.25, -0.2) is 4.39 Å². The number of carboxylic acid groups (broad SMARTS) is 1. The maximum Gasteiger partial charge on any atom is 0.394 e. The van der Waals surface area contributed by atoms with Gasteiger partial charge in [-0.3, -0.25) is 9.59 Å². The number of alkyl halides is 3. The van der Waals surface area contributed by atoms with Gasteiger partial charge in [0.2, 0.25) is 0 Å². The molecule has 0 radical (unpaired) electrons. The first-order valence-electron chi connectivity index (χ1n) is 6.46. The third-order valence-corrected chi connectivity index (χ3v) is 3.70. The highest BCUT2D eigenvalue weighted by molar-refractivity contribution is 5.95. The van der Waals surface area contributed by atoms with Crippen molar-refractivity contribution >= 4 is 11.9 Å². The van der Waals surface area contributed by atoms with E-state index in [1.807, 2.05) is 0 Å². The first-order valence-corrected chi connectivity index (χ1v) is 6.46. The van der Waals surface area contributed by atoms with Crippen LogP contribution in [0.1, 0.15) is 15.9 Å². The second-order valence-electron chi connectivity index (χ2n) is 5.29. The predicted octanol–water partition coefficient (Wildman–Crippen LogP) is 2.47. The normalized spacial score (nSPS) is 22.0. The van der Waals surface area contributed by atoms with Crippen molar-refractivity contribution in [1.82, 2.24) is 4.90 Å². The first-order chi connectivity index (χ1) is 10.1. The summed E-state index contributed by atoms with van der Waals surface area (Å²) in [6.45, 7) is 0.233. The van der Waals surface area contributed by atoms with Crippen molar-refractivity contribution in [1.29, 1.82) is 0 Å². The fourth-order valence-corrected chi connectivity index (χ4v) is 2.52.